The van der Waals surface area contributed by atoms with Gasteiger partial charge in [0.15, 0.2) is 0 Å². The van der Waals surface area contributed by atoms with Gasteiger partial charge in [-0.25, -0.2) is 4.79 Å². The Labute approximate surface area is 139 Å². The quantitative estimate of drug-likeness (QED) is 0.679. The maximum absolute atomic E-state index is 12.3. The molecule has 0 fully saturated rings. The van der Waals surface area contributed by atoms with Crippen molar-refractivity contribution in [3.05, 3.63) is 35.4 Å². The van der Waals surface area contributed by atoms with E-state index in [0.29, 0.717) is 24.0 Å². The van der Waals surface area contributed by atoms with Crippen molar-refractivity contribution in [2.75, 3.05) is 6.61 Å². The molecular weight excluding hydrogens is 292 g/mol. The summed E-state index contributed by atoms with van der Waals surface area (Å²) in [6.45, 7) is 10.3. The van der Waals surface area contributed by atoms with Crippen molar-refractivity contribution in [1.29, 1.82) is 0 Å². The van der Waals surface area contributed by atoms with E-state index in [-0.39, 0.29) is 18.4 Å². The molecule has 1 atom stereocenters. The Morgan fingerprint density at radius 3 is 2.26 bits per heavy atom. The molecule has 4 heteroatoms. The van der Waals surface area contributed by atoms with Crippen LogP contribution in [0, 0.1) is 11.8 Å². The van der Waals surface area contributed by atoms with Gasteiger partial charge in [-0.15, -0.1) is 0 Å². The summed E-state index contributed by atoms with van der Waals surface area (Å²) in [5.74, 6) is 0.0203. The normalized spacial score (nSPS) is 12.3. The number of hydrogen-bond acceptors (Lipinski definition) is 4. The molecule has 1 aromatic carbocycles. The number of benzene rings is 1. The van der Waals surface area contributed by atoms with Gasteiger partial charge in [0.1, 0.15) is 6.10 Å². The van der Waals surface area contributed by atoms with Crippen LogP contribution in [-0.4, -0.2) is 24.6 Å². The zero-order valence-electron chi connectivity index (χ0n) is 14.8. The number of rotatable bonds is 8. The lowest BCUT2D eigenvalue weighted by molar-refractivity contribution is -0.146. The second kappa shape index (κ2) is 9.33. The average Bonchev–Trinajstić information content (AvgIpc) is 2.44. The summed E-state index contributed by atoms with van der Waals surface area (Å²) in [4.78, 5) is 24.0. The van der Waals surface area contributed by atoms with Crippen molar-refractivity contribution in [2.24, 2.45) is 11.8 Å². The molecule has 0 amide bonds. The summed E-state index contributed by atoms with van der Waals surface area (Å²) in [7, 11) is 0. The summed E-state index contributed by atoms with van der Waals surface area (Å²) in [5, 5.41) is 0. The fourth-order valence-electron chi connectivity index (χ4n) is 2.18. The molecule has 0 N–H and O–H groups in total. The molecule has 0 spiro atoms. The van der Waals surface area contributed by atoms with Crippen LogP contribution in [0.15, 0.2) is 24.3 Å². The largest absolute Gasteiger partial charge is 0.465 e. The number of hydrogen-bond donors (Lipinski definition) is 0. The van der Waals surface area contributed by atoms with Crippen molar-refractivity contribution in [3.63, 3.8) is 0 Å². The molecule has 1 unspecified atom stereocenters. The standard InChI is InChI=1S/C19H28O4/c1-13(2)10-16-8-6-7-9-17(16)19(21)23-15(5)11-18(20)22-12-14(3)4/h6-9,13-15H,10-12H2,1-5H3. The Morgan fingerprint density at radius 2 is 1.65 bits per heavy atom. The second-order valence-electron chi connectivity index (χ2n) is 6.75. The molecule has 23 heavy (non-hydrogen) atoms. The molecule has 0 aliphatic heterocycles. The molecule has 0 aromatic heterocycles. The highest BCUT2D eigenvalue weighted by Gasteiger charge is 2.18. The van der Waals surface area contributed by atoms with Crippen molar-refractivity contribution >= 4 is 11.9 Å². The Balaban J connectivity index is 2.60. The van der Waals surface area contributed by atoms with E-state index < -0.39 is 6.10 Å². The predicted molar refractivity (Wildman–Crippen MR) is 90.3 cm³/mol. The topological polar surface area (TPSA) is 52.6 Å². The molecule has 4 nitrogen and oxygen atoms in total. The smallest absolute Gasteiger partial charge is 0.338 e. The Hall–Kier alpha value is -1.84. The van der Waals surface area contributed by atoms with Gasteiger partial charge in [0.25, 0.3) is 0 Å². The predicted octanol–water partition coefficient (Wildman–Crippen LogP) is 4.02. The van der Waals surface area contributed by atoms with E-state index in [9.17, 15) is 9.59 Å². The highest BCUT2D eigenvalue weighted by atomic mass is 16.6. The van der Waals surface area contributed by atoms with Gasteiger partial charge in [0, 0.05) is 0 Å². The van der Waals surface area contributed by atoms with Gasteiger partial charge in [-0.05, 0) is 36.8 Å². The number of ether oxygens (including phenoxy) is 2. The minimum absolute atomic E-state index is 0.0742. The minimum Gasteiger partial charge on any atom is -0.465 e. The van der Waals surface area contributed by atoms with Gasteiger partial charge in [-0.2, -0.15) is 0 Å². The van der Waals surface area contributed by atoms with Crippen LogP contribution in [0.3, 0.4) is 0 Å². The van der Waals surface area contributed by atoms with E-state index in [0.717, 1.165) is 12.0 Å². The van der Waals surface area contributed by atoms with Crippen LogP contribution in [-0.2, 0) is 20.7 Å². The minimum atomic E-state index is -0.505. The van der Waals surface area contributed by atoms with Crippen molar-refractivity contribution in [3.8, 4) is 0 Å². The van der Waals surface area contributed by atoms with Gasteiger partial charge >= 0.3 is 11.9 Å². The fourth-order valence-corrected chi connectivity index (χ4v) is 2.18. The molecule has 0 bridgehead atoms. The molecule has 1 aromatic rings. The highest BCUT2D eigenvalue weighted by molar-refractivity contribution is 5.91. The zero-order chi connectivity index (χ0) is 17.4. The Kier molecular flexibility index (Phi) is 7.79. The van der Waals surface area contributed by atoms with E-state index in [1.807, 2.05) is 32.0 Å². The molecule has 128 valence electrons. The summed E-state index contributed by atoms with van der Waals surface area (Å²) < 4.78 is 10.5. The summed E-state index contributed by atoms with van der Waals surface area (Å²) >= 11 is 0. The van der Waals surface area contributed by atoms with Crippen molar-refractivity contribution in [2.45, 2.75) is 53.6 Å². The lowest BCUT2D eigenvalue weighted by atomic mass is 9.98. The third-order valence-corrected chi connectivity index (χ3v) is 3.21. The number of carbonyl (C=O) groups is 2. The lowest BCUT2D eigenvalue weighted by Gasteiger charge is -2.15. The van der Waals surface area contributed by atoms with E-state index >= 15 is 0 Å². The average molecular weight is 320 g/mol. The van der Waals surface area contributed by atoms with E-state index in [4.69, 9.17) is 9.47 Å². The first-order valence-electron chi connectivity index (χ1n) is 8.24. The molecule has 0 aliphatic rings. The Bertz CT molecular complexity index is 520. The maximum atomic E-state index is 12.3. The molecule has 0 heterocycles. The van der Waals surface area contributed by atoms with Crippen LogP contribution in [0.2, 0.25) is 0 Å². The van der Waals surface area contributed by atoms with Crippen LogP contribution in [0.5, 0.6) is 0 Å². The van der Waals surface area contributed by atoms with E-state index in [1.54, 1.807) is 13.0 Å². The van der Waals surface area contributed by atoms with Crippen LogP contribution in [0.25, 0.3) is 0 Å². The van der Waals surface area contributed by atoms with E-state index in [1.165, 1.54) is 0 Å². The fraction of sp³-hybridized carbons (Fsp3) is 0.579. The van der Waals surface area contributed by atoms with Crippen molar-refractivity contribution in [1.82, 2.24) is 0 Å². The van der Waals surface area contributed by atoms with Gasteiger partial charge in [-0.3, -0.25) is 4.79 Å². The zero-order valence-corrected chi connectivity index (χ0v) is 14.8. The van der Waals surface area contributed by atoms with Crippen LogP contribution >= 0.6 is 0 Å². The second-order valence-corrected chi connectivity index (χ2v) is 6.75. The molecule has 0 radical (unpaired) electrons. The Morgan fingerprint density at radius 1 is 1.00 bits per heavy atom. The highest BCUT2D eigenvalue weighted by Crippen LogP contribution is 2.16. The monoisotopic (exact) mass is 320 g/mol. The van der Waals surface area contributed by atoms with Crippen LogP contribution < -0.4 is 0 Å². The number of esters is 2. The summed E-state index contributed by atoms with van der Waals surface area (Å²) in [6, 6.07) is 7.45. The first kappa shape index (κ1) is 19.2. The molecular formula is C19H28O4. The third kappa shape index (κ3) is 7.31. The van der Waals surface area contributed by atoms with Gasteiger partial charge < -0.3 is 9.47 Å². The first-order valence-corrected chi connectivity index (χ1v) is 8.24. The molecule has 0 aliphatic carbocycles. The molecule has 1 rings (SSSR count). The van der Waals surface area contributed by atoms with Gasteiger partial charge in [0.2, 0.25) is 0 Å². The van der Waals surface area contributed by atoms with Crippen LogP contribution in [0.1, 0.15) is 57.0 Å². The van der Waals surface area contributed by atoms with Crippen LogP contribution in [0.4, 0.5) is 0 Å². The first-order chi connectivity index (χ1) is 10.8. The third-order valence-electron chi connectivity index (χ3n) is 3.21. The van der Waals surface area contributed by atoms with E-state index in [2.05, 4.69) is 13.8 Å². The van der Waals surface area contributed by atoms with Crippen molar-refractivity contribution < 1.29 is 19.1 Å². The van der Waals surface area contributed by atoms with Gasteiger partial charge in [0.05, 0.1) is 18.6 Å². The summed E-state index contributed by atoms with van der Waals surface area (Å²) in [6.07, 6.45) is 0.384. The summed E-state index contributed by atoms with van der Waals surface area (Å²) in [5.41, 5.74) is 1.55. The van der Waals surface area contributed by atoms with Gasteiger partial charge in [-0.1, -0.05) is 45.9 Å². The molecule has 0 saturated carbocycles. The lowest BCUT2D eigenvalue weighted by Crippen LogP contribution is -2.21. The SMILES string of the molecule is CC(C)COC(=O)CC(C)OC(=O)c1ccccc1CC(C)C. The number of carbonyl (C=O) groups excluding carboxylic acids is 2. The maximum Gasteiger partial charge on any atom is 0.338 e. The molecule has 0 saturated heterocycles.